The van der Waals surface area contributed by atoms with Gasteiger partial charge >= 0.3 is 0 Å². The summed E-state index contributed by atoms with van der Waals surface area (Å²) in [4.78, 5) is 14.1. The highest BCUT2D eigenvalue weighted by Gasteiger charge is 2.36. The third kappa shape index (κ3) is 3.35. The van der Waals surface area contributed by atoms with Crippen LogP contribution in [0.4, 0.5) is 0 Å². The first-order valence-electron chi connectivity index (χ1n) is 6.91. The molecule has 1 aliphatic heterocycles. The SMILES string of the molecule is COc1ccc(Br)cc1CN1CC(C(C)(C)C)CC1=O. The molecule has 1 aromatic carbocycles. The Balaban J connectivity index is 2.15. The fourth-order valence-corrected chi connectivity index (χ4v) is 2.99. The first-order valence-corrected chi connectivity index (χ1v) is 7.70. The summed E-state index contributed by atoms with van der Waals surface area (Å²) in [6.07, 6.45) is 0.653. The van der Waals surface area contributed by atoms with Crippen LogP contribution in [0.3, 0.4) is 0 Å². The molecule has 0 bridgehead atoms. The van der Waals surface area contributed by atoms with E-state index in [1.807, 2.05) is 23.1 Å². The molecule has 1 unspecified atom stereocenters. The van der Waals surface area contributed by atoms with Crippen LogP contribution in [0.25, 0.3) is 0 Å². The molecule has 1 amide bonds. The van der Waals surface area contributed by atoms with Crippen LogP contribution in [0.5, 0.6) is 5.75 Å². The van der Waals surface area contributed by atoms with Gasteiger partial charge in [-0.25, -0.2) is 0 Å². The van der Waals surface area contributed by atoms with E-state index in [2.05, 4.69) is 36.7 Å². The number of rotatable bonds is 3. The largest absolute Gasteiger partial charge is 0.496 e. The molecular formula is C16H22BrNO2. The number of hydrogen-bond acceptors (Lipinski definition) is 2. The number of methoxy groups -OCH3 is 1. The normalized spacial score (nSPS) is 19.6. The molecule has 1 aliphatic rings. The highest BCUT2D eigenvalue weighted by Crippen LogP contribution is 2.35. The predicted molar refractivity (Wildman–Crippen MR) is 83.7 cm³/mol. The highest BCUT2D eigenvalue weighted by molar-refractivity contribution is 9.10. The van der Waals surface area contributed by atoms with Crippen molar-refractivity contribution in [3.8, 4) is 5.75 Å². The smallest absolute Gasteiger partial charge is 0.223 e. The molecule has 3 nitrogen and oxygen atoms in total. The zero-order chi connectivity index (χ0) is 14.9. The molecule has 0 aromatic heterocycles. The lowest BCUT2D eigenvalue weighted by atomic mass is 9.80. The molecule has 4 heteroatoms. The number of likely N-dealkylation sites (tertiary alicyclic amines) is 1. The van der Waals surface area contributed by atoms with Gasteiger partial charge in [-0.1, -0.05) is 36.7 Å². The molecule has 0 radical (unpaired) electrons. The number of nitrogens with zero attached hydrogens (tertiary/aromatic N) is 1. The van der Waals surface area contributed by atoms with E-state index >= 15 is 0 Å². The van der Waals surface area contributed by atoms with Crippen LogP contribution in [-0.2, 0) is 11.3 Å². The first kappa shape index (κ1) is 15.4. The van der Waals surface area contributed by atoms with Gasteiger partial charge in [0.25, 0.3) is 0 Å². The zero-order valence-corrected chi connectivity index (χ0v) is 14.2. The minimum atomic E-state index is 0.172. The monoisotopic (exact) mass is 339 g/mol. The minimum absolute atomic E-state index is 0.172. The van der Waals surface area contributed by atoms with Crippen molar-refractivity contribution in [3.05, 3.63) is 28.2 Å². The van der Waals surface area contributed by atoms with Gasteiger partial charge in [0.2, 0.25) is 5.91 Å². The second-order valence-electron chi connectivity index (χ2n) is 6.50. The van der Waals surface area contributed by atoms with Gasteiger partial charge in [0.1, 0.15) is 5.75 Å². The number of hydrogen-bond donors (Lipinski definition) is 0. The number of benzene rings is 1. The topological polar surface area (TPSA) is 29.5 Å². The first-order chi connectivity index (χ1) is 9.31. The maximum Gasteiger partial charge on any atom is 0.223 e. The molecular weight excluding hydrogens is 318 g/mol. The molecule has 1 saturated heterocycles. The number of amides is 1. The lowest BCUT2D eigenvalue weighted by Gasteiger charge is -2.26. The van der Waals surface area contributed by atoms with Crippen LogP contribution in [-0.4, -0.2) is 24.5 Å². The molecule has 1 aromatic rings. The lowest BCUT2D eigenvalue weighted by molar-refractivity contribution is -0.128. The van der Waals surface area contributed by atoms with Crippen molar-refractivity contribution >= 4 is 21.8 Å². The van der Waals surface area contributed by atoms with Crippen molar-refractivity contribution in [1.29, 1.82) is 0 Å². The summed E-state index contributed by atoms with van der Waals surface area (Å²) in [6.45, 7) is 8.06. The van der Waals surface area contributed by atoms with Crippen LogP contribution >= 0.6 is 15.9 Å². The molecule has 1 atom stereocenters. The average Bonchev–Trinajstić information content (AvgIpc) is 2.71. The van der Waals surface area contributed by atoms with E-state index in [0.29, 0.717) is 18.9 Å². The van der Waals surface area contributed by atoms with Crippen molar-refractivity contribution < 1.29 is 9.53 Å². The van der Waals surface area contributed by atoms with E-state index in [1.165, 1.54) is 0 Å². The maximum absolute atomic E-state index is 12.2. The maximum atomic E-state index is 12.2. The van der Waals surface area contributed by atoms with E-state index in [1.54, 1.807) is 7.11 Å². The van der Waals surface area contributed by atoms with Gasteiger partial charge in [0, 0.05) is 29.5 Å². The summed E-state index contributed by atoms with van der Waals surface area (Å²) in [5.41, 5.74) is 1.22. The number of ether oxygens (including phenoxy) is 1. The summed E-state index contributed by atoms with van der Waals surface area (Å²) in [7, 11) is 1.66. The molecule has 0 N–H and O–H groups in total. The van der Waals surface area contributed by atoms with E-state index in [4.69, 9.17) is 4.74 Å². The standard InChI is InChI=1S/C16H22BrNO2/c1-16(2,3)12-8-15(19)18(10-12)9-11-7-13(17)5-6-14(11)20-4/h5-7,12H,8-10H2,1-4H3. The van der Waals surface area contributed by atoms with E-state index < -0.39 is 0 Å². The molecule has 1 heterocycles. The Hall–Kier alpha value is -1.03. The fraction of sp³-hybridized carbons (Fsp3) is 0.562. The van der Waals surface area contributed by atoms with Crippen LogP contribution < -0.4 is 4.74 Å². The van der Waals surface area contributed by atoms with Gasteiger partial charge in [-0.3, -0.25) is 4.79 Å². The summed E-state index contributed by atoms with van der Waals surface area (Å²) in [5, 5.41) is 0. The second kappa shape index (κ2) is 5.76. The van der Waals surface area contributed by atoms with E-state index in [0.717, 1.165) is 22.3 Å². The third-order valence-corrected chi connectivity index (χ3v) is 4.54. The van der Waals surface area contributed by atoms with Gasteiger partial charge in [-0.2, -0.15) is 0 Å². The Morgan fingerprint density at radius 1 is 1.40 bits per heavy atom. The van der Waals surface area contributed by atoms with Crippen molar-refractivity contribution in [2.45, 2.75) is 33.7 Å². The molecule has 20 heavy (non-hydrogen) atoms. The van der Waals surface area contributed by atoms with Crippen LogP contribution in [0.1, 0.15) is 32.8 Å². The van der Waals surface area contributed by atoms with Crippen molar-refractivity contribution in [3.63, 3.8) is 0 Å². The van der Waals surface area contributed by atoms with Crippen LogP contribution in [0.15, 0.2) is 22.7 Å². The summed E-state index contributed by atoms with van der Waals surface area (Å²) < 4.78 is 6.39. The number of halogens is 1. The molecule has 0 aliphatic carbocycles. The Morgan fingerprint density at radius 3 is 2.65 bits per heavy atom. The predicted octanol–water partition coefficient (Wildman–Crippen LogP) is 3.85. The Labute approximate surface area is 129 Å². The Morgan fingerprint density at radius 2 is 2.10 bits per heavy atom. The van der Waals surface area contributed by atoms with Crippen molar-refractivity contribution in [2.75, 3.05) is 13.7 Å². The molecule has 0 spiro atoms. The number of carbonyl (C=O) groups excluding carboxylic acids is 1. The Kier molecular flexibility index (Phi) is 4.43. The van der Waals surface area contributed by atoms with Crippen LogP contribution in [0.2, 0.25) is 0 Å². The average molecular weight is 340 g/mol. The summed E-state index contributed by atoms with van der Waals surface area (Å²) in [5.74, 6) is 1.50. The molecule has 2 rings (SSSR count). The van der Waals surface area contributed by atoms with Gasteiger partial charge in [0.05, 0.1) is 7.11 Å². The Bertz CT molecular complexity index is 508. The van der Waals surface area contributed by atoms with Crippen molar-refractivity contribution in [1.82, 2.24) is 4.90 Å². The lowest BCUT2D eigenvalue weighted by Crippen LogP contribution is -2.27. The van der Waals surface area contributed by atoms with Crippen molar-refractivity contribution in [2.24, 2.45) is 11.3 Å². The van der Waals surface area contributed by atoms with Gasteiger partial charge in [-0.15, -0.1) is 0 Å². The molecule has 0 saturated carbocycles. The van der Waals surface area contributed by atoms with Gasteiger partial charge < -0.3 is 9.64 Å². The zero-order valence-electron chi connectivity index (χ0n) is 12.6. The van der Waals surface area contributed by atoms with E-state index in [9.17, 15) is 4.79 Å². The highest BCUT2D eigenvalue weighted by atomic mass is 79.9. The summed E-state index contributed by atoms with van der Waals surface area (Å²) in [6, 6.07) is 5.91. The van der Waals surface area contributed by atoms with Gasteiger partial charge in [0.15, 0.2) is 0 Å². The minimum Gasteiger partial charge on any atom is -0.496 e. The number of carbonyl (C=O) groups is 1. The van der Waals surface area contributed by atoms with E-state index in [-0.39, 0.29) is 11.3 Å². The quantitative estimate of drug-likeness (QED) is 0.836. The fourth-order valence-electron chi connectivity index (χ4n) is 2.58. The molecule has 110 valence electrons. The second-order valence-corrected chi connectivity index (χ2v) is 7.41. The third-order valence-electron chi connectivity index (χ3n) is 4.04. The van der Waals surface area contributed by atoms with Gasteiger partial charge in [-0.05, 0) is 29.5 Å². The molecule has 1 fully saturated rings. The summed E-state index contributed by atoms with van der Waals surface area (Å²) >= 11 is 3.47. The van der Waals surface area contributed by atoms with Crippen LogP contribution in [0, 0.1) is 11.3 Å².